The van der Waals surface area contributed by atoms with Crippen molar-refractivity contribution in [1.29, 1.82) is 0 Å². The SMILES string of the molecule is CC(C)(C)c1cc(NC2=C(Cl)C(=O)c3ccccc3C2=O)cc(C(C)(C)C)c1O. The van der Waals surface area contributed by atoms with Gasteiger partial charge in [-0.25, -0.2) is 0 Å². The highest BCUT2D eigenvalue weighted by Crippen LogP contribution is 2.41. The quantitative estimate of drug-likeness (QED) is 0.601. The second-order valence-corrected chi connectivity index (χ2v) is 9.82. The Labute approximate surface area is 176 Å². The van der Waals surface area contributed by atoms with Crippen molar-refractivity contribution in [2.24, 2.45) is 0 Å². The zero-order valence-corrected chi connectivity index (χ0v) is 18.4. The molecule has 0 amide bonds. The van der Waals surface area contributed by atoms with Crippen molar-refractivity contribution in [2.45, 2.75) is 52.4 Å². The number of hydrogen-bond donors (Lipinski definition) is 2. The maximum absolute atomic E-state index is 13.0. The third kappa shape index (κ3) is 3.82. The number of halogens is 1. The Balaban J connectivity index is 2.15. The summed E-state index contributed by atoms with van der Waals surface area (Å²) in [4.78, 5) is 25.6. The van der Waals surface area contributed by atoms with Crippen LogP contribution < -0.4 is 5.32 Å². The summed E-state index contributed by atoms with van der Waals surface area (Å²) < 4.78 is 0. The molecule has 0 heterocycles. The largest absolute Gasteiger partial charge is 0.507 e. The number of anilines is 1. The molecule has 1 aliphatic carbocycles. The van der Waals surface area contributed by atoms with Gasteiger partial charge in [-0.1, -0.05) is 77.4 Å². The van der Waals surface area contributed by atoms with Crippen molar-refractivity contribution in [1.82, 2.24) is 0 Å². The Morgan fingerprint density at radius 1 is 0.828 bits per heavy atom. The molecule has 0 saturated carbocycles. The number of carbonyl (C=O) groups excluding carboxylic acids is 2. The standard InChI is InChI=1S/C24H26ClNO3/c1-23(2,3)16-11-13(12-17(22(16)29)24(4,5)6)26-19-18(25)20(27)14-9-7-8-10-15(14)21(19)28/h7-12,26,29H,1-6H3. The number of carbonyl (C=O) groups is 2. The summed E-state index contributed by atoms with van der Waals surface area (Å²) in [5.41, 5.74) is 2.16. The van der Waals surface area contributed by atoms with Crippen LogP contribution >= 0.6 is 11.6 Å². The van der Waals surface area contributed by atoms with Gasteiger partial charge in [0, 0.05) is 27.9 Å². The van der Waals surface area contributed by atoms with E-state index in [1.807, 2.05) is 41.5 Å². The summed E-state index contributed by atoms with van der Waals surface area (Å²) in [6.45, 7) is 12.1. The second kappa shape index (κ2) is 7.03. The maximum atomic E-state index is 13.0. The molecule has 2 N–H and O–H groups in total. The fourth-order valence-electron chi connectivity index (χ4n) is 3.45. The molecule has 4 nitrogen and oxygen atoms in total. The molecule has 5 heteroatoms. The van der Waals surface area contributed by atoms with Crippen LogP contribution in [0.15, 0.2) is 47.1 Å². The fraction of sp³-hybridized carbons (Fsp3) is 0.333. The Morgan fingerprint density at radius 2 is 1.28 bits per heavy atom. The molecule has 2 aromatic rings. The monoisotopic (exact) mass is 411 g/mol. The van der Waals surface area contributed by atoms with E-state index in [0.29, 0.717) is 16.8 Å². The number of fused-ring (bicyclic) bond motifs is 1. The molecular weight excluding hydrogens is 386 g/mol. The molecule has 0 aromatic heterocycles. The van der Waals surface area contributed by atoms with Crippen molar-refractivity contribution < 1.29 is 14.7 Å². The molecule has 0 fully saturated rings. The second-order valence-electron chi connectivity index (χ2n) is 9.44. The predicted octanol–water partition coefficient (Wildman–Crippen LogP) is 5.93. The molecule has 29 heavy (non-hydrogen) atoms. The van der Waals surface area contributed by atoms with Crippen molar-refractivity contribution in [3.05, 3.63) is 69.4 Å². The van der Waals surface area contributed by atoms with Gasteiger partial charge in [0.15, 0.2) is 0 Å². The van der Waals surface area contributed by atoms with Crippen LogP contribution in [-0.4, -0.2) is 16.7 Å². The molecule has 0 radical (unpaired) electrons. The topological polar surface area (TPSA) is 66.4 Å². The Morgan fingerprint density at radius 3 is 1.72 bits per heavy atom. The maximum Gasteiger partial charge on any atom is 0.211 e. The minimum absolute atomic E-state index is 0.0563. The van der Waals surface area contributed by atoms with Crippen molar-refractivity contribution in [2.75, 3.05) is 5.32 Å². The number of phenolic OH excluding ortho intramolecular Hbond substituents is 1. The number of rotatable bonds is 2. The molecule has 0 bridgehead atoms. The first-order valence-electron chi connectivity index (χ1n) is 9.55. The summed E-state index contributed by atoms with van der Waals surface area (Å²) in [5.74, 6) is -0.463. The van der Waals surface area contributed by atoms with E-state index in [9.17, 15) is 14.7 Å². The Kier molecular flexibility index (Phi) is 5.12. The molecule has 0 aliphatic heterocycles. The van der Waals surface area contributed by atoms with Crippen molar-refractivity contribution in [3.8, 4) is 5.75 Å². The van der Waals surface area contributed by atoms with Crippen LogP contribution in [0, 0.1) is 0 Å². The van der Waals surface area contributed by atoms with E-state index in [0.717, 1.165) is 11.1 Å². The molecule has 0 unspecified atom stereocenters. The summed E-state index contributed by atoms with van der Waals surface area (Å²) in [6, 6.07) is 10.3. The van der Waals surface area contributed by atoms with Gasteiger partial charge < -0.3 is 10.4 Å². The van der Waals surface area contributed by atoms with Gasteiger partial charge in [-0.15, -0.1) is 0 Å². The summed E-state index contributed by atoms with van der Waals surface area (Å²) in [7, 11) is 0. The van der Waals surface area contributed by atoms with Gasteiger partial charge in [-0.05, 0) is 23.0 Å². The molecule has 2 aromatic carbocycles. The van der Waals surface area contributed by atoms with E-state index < -0.39 is 0 Å². The van der Waals surface area contributed by atoms with Gasteiger partial charge in [0.2, 0.25) is 11.6 Å². The first-order chi connectivity index (χ1) is 13.3. The van der Waals surface area contributed by atoms with Crippen LogP contribution in [0.5, 0.6) is 5.75 Å². The number of phenols is 1. The lowest BCUT2D eigenvalue weighted by molar-refractivity contribution is 0.0982. The summed E-state index contributed by atoms with van der Waals surface area (Å²) in [5, 5.41) is 13.8. The molecule has 1 aliphatic rings. The molecule has 152 valence electrons. The zero-order chi connectivity index (χ0) is 21.7. The lowest BCUT2D eigenvalue weighted by Gasteiger charge is -2.29. The van der Waals surface area contributed by atoms with Crippen LogP contribution in [0.2, 0.25) is 0 Å². The molecule has 0 spiro atoms. The van der Waals surface area contributed by atoms with Crippen molar-refractivity contribution >= 4 is 28.9 Å². The lowest BCUT2D eigenvalue weighted by Crippen LogP contribution is -2.25. The van der Waals surface area contributed by atoms with Crippen LogP contribution in [0.3, 0.4) is 0 Å². The minimum atomic E-state index is -0.379. The Hall–Kier alpha value is -2.59. The van der Waals surface area contributed by atoms with Crippen LogP contribution in [0.25, 0.3) is 0 Å². The van der Waals surface area contributed by atoms with E-state index in [2.05, 4.69) is 5.32 Å². The van der Waals surface area contributed by atoms with Crippen LogP contribution in [0.1, 0.15) is 73.4 Å². The molecule has 0 atom stereocenters. The van der Waals surface area contributed by atoms with Gasteiger partial charge in [0.25, 0.3) is 0 Å². The highest BCUT2D eigenvalue weighted by molar-refractivity contribution is 6.50. The number of ketones is 2. The molecule has 0 saturated heterocycles. The smallest absolute Gasteiger partial charge is 0.211 e. The van der Waals surface area contributed by atoms with Gasteiger partial charge in [-0.2, -0.15) is 0 Å². The number of nitrogens with one attached hydrogen (secondary N) is 1. The van der Waals surface area contributed by atoms with E-state index >= 15 is 0 Å². The van der Waals surface area contributed by atoms with E-state index in [-0.39, 0.29) is 38.9 Å². The highest BCUT2D eigenvalue weighted by atomic mass is 35.5. The minimum Gasteiger partial charge on any atom is -0.507 e. The lowest BCUT2D eigenvalue weighted by atomic mass is 9.79. The number of benzene rings is 2. The fourth-order valence-corrected chi connectivity index (χ4v) is 3.69. The van der Waals surface area contributed by atoms with E-state index in [1.165, 1.54) is 0 Å². The van der Waals surface area contributed by atoms with Crippen molar-refractivity contribution in [3.63, 3.8) is 0 Å². The average Bonchev–Trinajstić information content (AvgIpc) is 2.62. The van der Waals surface area contributed by atoms with Gasteiger partial charge in [-0.3, -0.25) is 9.59 Å². The van der Waals surface area contributed by atoms with E-state index in [1.54, 1.807) is 36.4 Å². The van der Waals surface area contributed by atoms with Crippen LogP contribution in [-0.2, 0) is 10.8 Å². The Bertz CT molecular complexity index is 1020. The summed E-state index contributed by atoms with van der Waals surface area (Å²) in [6.07, 6.45) is 0. The first kappa shape index (κ1) is 21.1. The van der Waals surface area contributed by atoms with Crippen LogP contribution in [0.4, 0.5) is 5.69 Å². The van der Waals surface area contributed by atoms with E-state index in [4.69, 9.17) is 11.6 Å². The molecular formula is C24H26ClNO3. The van der Waals surface area contributed by atoms with Gasteiger partial charge in [0.05, 0.1) is 0 Å². The normalized spacial score (nSPS) is 14.9. The van der Waals surface area contributed by atoms with Gasteiger partial charge >= 0.3 is 0 Å². The average molecular weight is 412 g/mol. The number of Topliss-reactive ketones (excluding diaryl/α,β-unsaturated/α-hetero) is 2. The molecule has 3 rings (SSSR count). The number of hydrogen-bond acceptors (Lipinski definition) is 4. The third-order valence-electron chi connectivity index (χ3n) is 5.06. The number of allylic oxidation sites excluding steroid dienone is 2. The third-order valence-corrected chi connectivity index (χ3v) is 5.42. The zero-order valence-electron chi connectivity index (χ0n) is 17.6. The predicted molar refractivity (Wildman–Crippen MR) is 117 cm³/mol. The highest BCUT2D eigenvalue weighted by Gasteiger charge is 2.32. The first-order valence-corrected chi connectivity index (χ1v) is 9.93. The summed E-state index contributed by atoms with van der Waals surface area (Å²) >= 11 is 6.29. The number of aromatic hydroxyl groups is 1. The van der Waals surface area contributed by atoms with Gasteiger partial charge in [0.1, 0.15) is 16.5 Å².